The van der Waals surface area contributed by atoms with Gasteiger partial charge < -0.3 is 15.2 Å². The van der Waals surface area contributed by atoms with Crippen LogP contribution in [-0.4, -0.2) is 38.9 Å². The minimum absolute atomic E-state index is 0.0201. The molecule has 0 bridgehead atoms. The van der Waals surface area contributed by atoms with Crippen molar-refractivity contribution in [3.05, 3.63) is 82.4 Å². The maximum Gasteiger partial charge on any atom is 0.254 e. The largest absolute Gasteiger partial charge is 0.351 e. The summed E-state index contributed by atoms with van der Waals surface area (Å²) in [5.41, 5.74) is 0.477. The second-order valence-corrected chi connectivity index (χ2v) is 8.59. The average Bonchev–Trinajstić information content (AvgIpc) is 3.13. The lowest BCUT2D eigenvalue weighted by Gasteiger charge is -2.09. The van der Waals surface area contributed by atoms with Gasteiger partial charge >= 0.3 is 0 Å². The predicted octanol–water partition coefficient (Wildman–Crippen LogP) is 4.61. The van der Waals surface area contributed by atoms with Gasteiger partial charge in [0.25, 0.3) is 5.91 Å². The molecule has 2 aromatic carbocycles. The Labute approximate surface area is 204 Å². The molecule has 3 rings (SSSR count). The molecule has 0 aliphatic carbocycles. The van der Waals surface area contributed by atoms with Gasteiger partial charge in [-0.05, 0) is 30.3 Å². The molecule has 3 aromatic rings. The van der Waals surface area contributed by atoms with E-state index in [1.165, 1.54) is 30.0 Å². The molecule has 11 heteroatoms. The van der Waals surface area contributed by atoms with Crippen LogP contribution >= 0.6 is 35.0 Å². The van der Waals surface area contributed by atoms with E-state index >= 15 is 0 Å². The van der Waals surface area contributed by atoms with Crippen LogP contribution in [0.4, 0.5) is 10.1 Å². The van der Waals surface area contributed by atoms with Gasteiger partial charge in [-0.25, -0.2) is 4.39 Å². The summed E-state index contributed by atoms with van der Waals surface area (Å²) in [5, 5.41) is 15.1. The third-order valence-electron chi connectivity index (χ3n) is 4.34. The lowest BCUT2D eigenvalue weighted by atomic mass is 10.2. The lowest BCUT2D eigenvalue weighted by molar-refractivity contribution is -0.113. The van der Waals surface area contributed by atoms with E-state index in [9.17, 15) is 14.0 Å². The Kier molecular flexibility index (Phi) is 8.87. The fourth-order valence-corrected chi connectivity index (χ4v) is 4.20. The topological polar surface area (TPSA) is 88.9 Å². The van der Waals surface area contributed by atoms with Crippen LogP contribution < -0.4 is 10.6 Å². The molecule has 0 fully saturated rings. The highest BCUT2D eigenvalue weighted by atomic mass is 35.5. The van der Waals surface area contributed by atoms with Crippen LogP contribution in [0.1, 0.15) is 16.2 Å². The summed E-state index contributed by atoms with van der Waals surface area (Å²) in [6.45, 7) is 4.41. The van der Waals surface area contributed by atoms with E-state index in [1.807, 2.05) is 0 Å². The van der Waals surface area contributed by atoms with Crippen molar-refractivity contribution in [2.24, 2.45) is 0 Å². The lowest BCUT2D eigenvalue weighted by Crippen LogP contribution is -2.27. The van der Waals surface area contributed by atoms with Crippen LogP contribution in [0.2, 0.25) is 10.0 Å². The zero-order chi connectivity index (χ0) is 23.8. The van der Waals surface area contributed by atoms with Gasteiger partial charge in [-0.3, -0.25) is 9.59 Å². The molecule has 172 valence electrons. The molecule has 33 heavy (non-hydrogen) atoms. The van der Waals surface area contributed by atoms with E-state index in [0.717, 1.165) is 0 Å². The Morgan fingerprint density at radius 3 is 2.58 bits per heavy atom. The molecule has 0 saturated heterocycles. The van der Waals surface area contributed by atoms with E-state index in [2.05, 4.69) is 27.4 Å². The zero-order valence-corrected chi connectivity index (χ0v) is 19.7. The van der Waals surface area contributed by atoms with Gasteiger partial charge in [0.15, 0.2) is 5.16 Å². The van der Waals surface area contributed by atoms with Gasteiger partial charge in [0, 0.05) is 35.2 Å². The highest BCUT2D eigenvalue weighted by molar-refractivity contribution is 7.99. The fourth-order valence-electron chi connectivity index (χ4n) is 2.90. The Balaban J connectivity index is 1.57. The van der Waals surface area contributed by atoms with Crippen molar-refractivity contribution in [1.29, 1.82) is 0 Å². The molecule has 0 aliphatic heterocycles. The number of carbonyl (C=O) groups is 2. The number of anilines is 1. The maximum atomic E-state index is 13.7. The van der Waals surface area contributed by atoms with Crippen LogP contribution in [0.5, 0.6) is 0 Å². The number of carbonyl (C=O) groups excluding carboxylic acids is 2. The fraction of sp³-hybridized carbons (Fsp3) is 0.182. The molecule has 2 N–H and O–H groups in total. The minimum atomic E-state index is -0.582. The molecule has 2 amide bonds. The quantitative estimate of drug-likeness (QED) is 0.309. The highest BCUT2D eigenvalue weighted by Gasteiger charge is 2.15. The number of benzene rings is 2. The van der Waals surface area contributed by atoms with Crippen molar-refractivity contribution in [3.63, 3.8) is 0 Å². The average molecular weight is 508 g/mol. The van der Waals surface area contributed by atoms with Crippen molar-refractivity contribution in [3.8, 4) is 0 Å². The molecule has 0 spiro atoms. The molecule has 0 atom stereocenters. The number of hydrogen-bond donors (Lipinski definition) is 2. The minimum Gasteiger partial charge on any atom is -0.351 e. The van der Waals surface area contributed by atoms with Gasteiger partial charge in [-0.2, -0.15) is 0 Å². The Bertz CT molecular complexity index is 1150. The van der Waals surface area contributed by atoms with E-state index < -0.39 is 11.7 Å². The molecule has 1 heterocycles. The van der Waals surface area contributed by atoms with Crippen molar-refractivity contribution in [2.45, 2.75) is 18.1 Å². The van der Waals surface area contributed by atoms with E-state index in [-0.39, 0.29) is 23.8 Å². The first-order chi connectivity index (χ1) is 15.9. The Morgan fingerprint density at radius 2 is 1.88 bits per heavy atom. The van der Waals surface area contributed by atoms with Crippen LogP contribution in [0.3, 0.4) is 0 Å². The number of thioether (sulfide) groups is 1. The van der Waals surface area contributed by atoms with Crippen molar-refractivity contribution in [2.75, 3.05) is 17.6 Å². The third kappa shape index (κ3) is 7.05. The monoisotopic (exact) mass is 507 g/mol. The Hall–Kier alpha value is -2.88. The first-order valence-electron chi connectivity index (χ1n) is 9.82. The third-order valence-corrected chi connectivity index (χ3v) is 5.74. The number of amides is 2. The molecule has 0 radical (unpaired) electrons. The first kappa shape index (κ1) is 24.8. The zero-order valence-electron chi connectivity index (χ0n) is 17.4. The van der Waals surface area contributed by atoms with Crippen LogP contribution in [0.25, 0.3) is 0 Å². The van der Waals surface area contributed by atoms with Crippen molar-refractivity contribution >= 4 is 52.5 Å². The summed E-state index contributed by atoms with van der Waals surface area (Å²) in [7, 11) is 0. The number of aromatic nitrogens is 3. The van der Waals surface area contributed by atoms with Crippen molar-refractivity contribution < 1.29 is 14.0 Å². The van der Waals surface area contributed by atoms with Crippen LogP contribution in [0, 0.1) is 5.82 Å². The molecule has 1 aromatic heterocycles. The summed E-state index contributed by atoms with van der Waals surface area (Å²) in [4.78, 5) is 24.5. The number of nitrogens with zero attached hydrogens (tertiary/aromatic N) is 3. The summed E-state index contributed by atoms with van der Waals surface area (Å²) < 4.78 is 15.5. The van der Waals surface area contributed by atoms with E-state index in [0.29, 0.717) is 39.7 Å². The number of halogens is 3. The molecule has 0 aliphatic rings. The highest BCUT2D eigenvalue weighted by Crippen LogP contribution is 2.23. The number of allylic oxidation sites excluding steroid dienone is 1. The number of nitrogens with one attached hydrogen (secondary N) is 2. The first-order valence-corrected chi connectivity index (χ1v) is 11.6. The summed E-state index contributed by atoms with van der Waals surface area (Å²) in [5.74, 6) is -0.653. The molecular formula is C22H20Cl2FN5O2S. The SMILES string of the molecule is C=CCn1c(CCNC(=O)c2ccccc2F)nnc1SCC(=O)Nc1cc(Cl)cc(Cl)c1. The van der Waals surface area contributed by atoms with Gasteiger partial charge in [-0.15, -0.1) is 16.8 Å². The molecular weight excluding hydrogens is 488 g/mol. The van der Waals surface area contributed by atoms with E-state index in [1.54, 1.807) is 34.9 Å². The second kappa shape index (κ2) is 11.8. The smallest absolute Gasteiger partial charge is 0.254 e. The van der Waals surface area contributed by atoms with Crippen LogP contribution in [-0.2, 0) is 17.8 Å². The normalized spacial score (nSPS) is 10.6. The van der Waals surface area contributed by atoms with Gasteiger partial charge in [0.1, 0.15) is 11.6 Å². The molecule has 7 nitrogen and oxygen atoms in total. The van der Waals surface area contributed by atoms with Crippen LogP contribution in [0.15, 0.2) is 60.3 Å². The molecule has 0 saturated carbocycles. The predicted molar refractivity (Wildman–Crippen MR) is 128 cm³/mol. The molecule has 0 unspecified atom stereocenters. The second-order valence-electron chi connectivity index (χ2n) is 6.78. The summed E-state index contributed by atoms with van der Waals surface area (Å²) >= 11 is 13.1. The maximum absolute atomic E-state index is 13.7. The number of rotatable bonds is 10. The standard InChI is InChI=1S/C22H20Cl2FN5O2S/c1-2-9-30-19(7-8-26-21(32)17-5-3-4-6-18(17)25)28-29-22(30)33-13-20(31)27-16-11-14(23)10-15(24)12-16/h2-6,10-12H,1,7-9,13H2,(H,26,32)(H,27,31). The Morgan fingerprint density at radius 1 is 1.15 bits per heavy atom. The summed E-state index contributed by atoms with van der Waals surface area (Å²) in [6.07, 6.45) is 2.05. The number of hydrogen-bond acceptors (Lipinski definition) is 5. The summed E-state index contributed by atoms with van der Waals surface area (Å²) in [6, 6.07) is 10.5. The van der Waals surface area contributed by atoms with Gasteiger partial charge in [0.05, 0.1) is 11.3 Å². The van der Waals surface area contributed by atoms with Gasteiger partial charge in [0.2, 0.25) is 5.91 Å². The van der Waals surface area contributed by atoms with E-state index in [4.69, 9.17) is 23.2 Å². The van der Waals surface area contributed by atoms with Crippen molar-refractivity contribution in [1.82, 2.24) is 20.1 Å². The van der Waals surface area contributed by atoms with Gasteiger partial charge in [-0.1, -0.05) is 53.2 Å².